The summed E-state index contributed by atoms with van der Waals surface area (Å²) < 4.78 is 0. The normalized spacial score (nSPS) is 12.9. The van der Waals surface area contributed by atoms with E-state index in [1.54, 1.807) is 10.9 Å². The van der Waals surface area contributed by atoms with Crippen molar-refractivity contribution in [1.82, 2.24) is 15.2 Å². The van der Waals surface area contributed by atoms with Crippen LogP contribution >= 0.6 is 11.3 Å². The number of aromatic nitrogens is 1. The van der Waals surface area contributed by atoms with Gasteiger partial charge in [-0.25, -0.2) is 4.98 Å². The van der Waals surface area contributed by atoms with Crippen LogP contribution < -0.4 is 5.32 Å². The number of carbonyl (C=O) groups is 1. The minimum absolute atomic E-state index is 0.0967. The average molecular weight is 213 g/mol. The van der Waals surface area contributed by atoms with Crippen LogP contribution in [0.4, 0.5) is 0 Å². The van der Waals surface area contributed by atoms with E-state index >= 15 is 0 Å². The maximum Gasteiger partial charge on any atom is 0.270 e. The lowest BCUT2D eigenvalue weighted by Crippen LogP contribution is -2.39. The Kier molecular flexibility index (Phi) is 4.03. The van der Waals surface area contributed by atoms with Gasteiger partial charge in [-0.15, -0.1) is 11.3 Å². The third-order valence-electron chi connectivity index (χ3n) is 1.68. The van der Waals surface area contributed by atoms with E-state index in [1.165, 1.54) is 11.3 Å². The lowest BCUT2D eigenvalue weighted by molar-refractivity contribution is 0.0930. The van der Waals surface area contributed by atoms with E-state index in [0.29, 0.717) is 5.69 Å². The number of rotatable bonds is 4. The maximum absolute atomic E-state index is 11.5. The van der Waals surface area contributed by atoms with Gasteiger partial charge in [0.1, 0.15) is 5.69 Å². The number of carbonyl (C=O) groups excluding carboxylic acids is 1. The first-order chi connectivity index (χ1) is 6.59. The van der Waals surface area contributed by atoms with Crippen molar-refractivity contribution in [2.24, 2.45) is 0 Å². The lowest BCUT2D eigenvalue weighted by Gasteiger charge is -2.17. The van der Waals surface area contributed by atoms with Crippen LogP contribution in [-0.2, 0) is 0 Å². The minimum atomic E-state index is -0.0967. The summed E-state index contributed by atoms with van der Waals surface area (Å²) in [6.07, 6.45) is 0. The molecule has 1 aromatic rings. The maximum atomic E-state index is 11.5. The molecule has 0 aromatic carbocycles. The fraction of sp³-hybridized carbons (Fsp3) is 0.556. The molecule has 0 bridgehead atoms. The Balaban J connectivity index is 2.41. The number of amides is 1. The molecule has 1 aromatic heterocycles. The average Bonchev–Trinajstić information content (AvgIpc) is 2.53. The van der Waals surface area contributed by atoms with E-state index in [4.69, 9.17) is 0 Å². The van der Waals surface area contributed by atoms with Gasteiger partial charge in [0.25, 0.3) is 5.91 Å². The van der Waals surface area contributed by atoms with Gasteiger partial charge >= 0.3 is 0 Å². The molecule has 14 heavy (non-hydrogen) atoms. The highest BCUT2D eigenvalue weighted by atomic mass is 32.1. The van der Waals surface area contributed by atoms with Crippen molar-refractivity contribution in [3.05, 3.63) is 16.6 Å². The van der Waals surface area contributed by atoms with Crippen molar-refractivity contribution in [3.8, 4) is 0 Å². The van der Waals surface area contributed by atoms with Crippen LogP contribution in [0.5, 0.6) is 0 Å². The second-order valence-corrected chi connectivity index (χ2v) is 4.23. The summed E-state index contributed by atoms with van der Waals surface area (Å²) in [4.78, 5) is 17.5. The minimum Gasteiger partial charge on any atom is -0.347 e. The summed E-state index contributed by atoms with van der Waals surface area (Å²) in [7, 11) is 3.96. The molecule has 1 N–H and O–H groups in total. The van der Waals surface area contributed by atoms with Crippen molar-refractivity contribution in [2.45, 2.75) is 13.0 Å². The summed E-state index contributed by atoms with van der Waals surface area (Å²) in [5, 5.41) is 4.62. The molecular formula is C9H15N3OS. The van der Waals surface area contributed by atoms with Crippen molar-refractivity contribution in [2.75, 3.05) is 20.6 Å². The first kappa shape index (κ1) is 11.1. The first-order valence-corrected chi connectivity index (χ1v) is 5.37. The highest BCUT2D eigenvalue weighted by molar-refractivity contribution is 7.07. The van der Waals surface area contributed by atoms with Crippen LogP contribution in [-0.4, -0.2) is 42.5 Å². The molecule has 78 valence electrons. The van der Waals surface area contributed by atoms with E-state index < -0.39 is 0 Å². The zero-order valence-corrected chi connectivity index (χ0v) is 9.47. The van der Waals surface area contributed by atoms with Crippen LogP contribution in [0.3, 0.4) is 0 Å². The van der Waals surface area contributed by atoms with Crippen LogP contribution in [0.2, 0.25) is 0 Å². The Hall–Kier alpha value is -0.940. The molecule has 1 rings (SSSR count). The van der Waals surface area contributed by atoms with Gasteiger partial charge in [0, 0.05) is 18.0 Å². The molecule has 1 unspecified atom stereocenters. The third kappa shape index (κ3) is 3.43. The predicted molar refractivity (Wildman–Crippen MR) is 57.6 cm³/mol. The van der Waals surface area contributed by atoms with Crippen LogP contribution in [0.15, 0.2) is 10.9 Å². The van der Waals surface area contributed by atoms with Crippen LogP contribution in [0.25, 0.3) is 0 Å². The van der Waals surface area contributed by atoms with Crippen molar-refractivity contribution >= 4 is 17.2 Å². The molecule has 0 fully saturated rings. The zero-order valence-electron chi connectivity index (χ0n) is 8.65. The molecule has 1 atom stereocenters. The molecule has 1 amide bonds. The van der Waals surface area contributed by atoms with Gasteiger partial charge < -0.3 is 10.2 Å². The standard InChI is InChI=1S/C9H15N3OS/c1-7(4-12(2)3)11-9(13)8-5-14-6-10-8/h5-7H,4H2,1-3H3,(H,11,13). The number of nitrogens with zero attached hydrogens (tertiary/aromatic N) is 2. The second-order valence-electron chi connectivity index (χ2n) is 3.51. The SMILES string of the molecule is CC(CN(C)C)NC(=O)c1cscn1. The molecule has 0 aliphatic carbocycles. The second kappa shape index (κ2) is 5.07. The highest BCUT2D eigenvalue weighted by Crippen LogP contribution is 2.00. The van der Waals surface area contributed by atoms with Gasteiger partial charge in [-0.1, -0.05) is 0 Å². The van der Waals surface area contributed by atoms with Crippen LogP contribution in [0.1, 0.15) is 17.4 Å². The van der Waals surface area contributed by atoms with E-state index in [1.807, 2.05) is 25.9 Å². The summed E-state index contributed by atoms with van der Waals surface area (Å²) in [6.45, 7) is 2.81. The highest BCUT2D eigenvalue weighted by Gasteiger charge is 2.11. The number of hydrogen-bond donors (Lipinski definition) is 1. The molecule has 1 heterocycles. The van der Waals surface area contributed by atoms with Crippen molar-refractivity contribution in [1.29, 1.82) is 0 Å². The molecule has 0 spiro atoms. The number of hydrogen-bond acceptors (Lipinski definition) is 4. The first-order valence-electron chi connectivity index (χ1n) is 4.43. The molecular weight excluding hydrogens is 198 g/mol. The van der Waals surface area contributed by atoms with Gasteiger partial charge in [-0.3, -0.25) is 4.79 Å². The molecule has 4 nitrogen and oxygen atoms in total. The van der Waals surface area contributed by atoms with Crippen LogP contribution in [0, 0.1) is 0 Å². The summed E-state index contributed by atoms with van der Waals surface area (Å²) in [6, 6.07) is 0.138. The van der Waals surface area contributed by atoms with E-state index in [0.717, 1.165) is 6.54 Å². The molecule has 5 heteroatoms. The fourth-order valence-electron chi connectivity index (χ4n) is 1.22. The van der Waals surface area contributed by atoms with E-state index in [-0.39, 0.29) is 11.9 Å². The number of likely N-dealkylation sites (N-methyl/N-ethyl adjacent to an activating group) is 1. The third-order valence-corrected chi connectivity index (χ3v) is 2.27. The van der Waals surface area contributed by atoms with Gasteiger partial charge in [-0.2, -0.15) is 0 Å². The summed E-state index contributed by atoms with van der Waals surface area (Å²) in [5.74, 6) is -0.0967. The number of nitrogens with one attached hydrogen (secondary N) is 1. The fourth-order valence-corrected chi connectivity index (χ4v) is 1.75. The van der Waals surface area contributed by atoms with Crippen molar-refractivity contribution < 1.29 is 4.79 Å². The topological polar surface area (TPSA) is 45.2 Å². The van der Waals surface area contributed by atoms with Gasteiger partial charge in [-0.05, 0) is 21.0 Å². The predicted octanol–water partition coefficient (Wildman–Crippen LogP) is 0.823. The zero-order chi connectivity index (χ0) is 10.6. The molecule has 0 saturated heterocycles. The Bertz CT molecular complexity index is 284. The molecule has 0 saturated carbocycles. The Morgan fingerprint density at radius 2 is 2.43 bits per heavy atom. The Labute approximate surface area is 88.0 Å². The Morgan fingerprint density at radius 3 is 2.93 bits per heavy atom. The monoisotopic (exact) mass is 213 g/mol. The lowest BCUT2D eigenvalue weighted by atomic mass is 10.3. The molecule has 0 radical (unpaired) electrons. The quantitative estimate of drug-likeness (QED) is 0.805. The van der Waals surface area contributed by atoms with Gasteiger partial charge in [0.05, 0.1) is 5.51 Å². The largest absolute Gasteiger partial charge is 0.347 e. The molecule has 0 aliphatic rings. The van der Waals surface area contributed by atoms with E-state index in [9.17, 15) is 4.79 Å². The smallest absolute Gasteiger partial charge is 0.270 e. The Morgan fingerprint density at radius 1 is 1.71 bits per heavy atom. The summed E-state index contributed by atoms with van der Waals surface area (Å²) in [5.41, 5.74) is 2.16. The van der Waals surface area contributed by atoms with Crippen molar-refractivity contribution in [3.63, 3.8) is 0 Å². The summed E-state index contributed by atoms with van der Waals surface area (Å²) >= 11 is 1.43. The molecule has 0 aliphatic heterocycles. The number of thiazole rings is 1. The van der Waals surface area contributed by atoms with E-state index in [2.05, 4.69) is 10.3 Å². The van der Waals surface area contributed by atoms with Gasteiger partial charge in [0.2, 0.25) is 0 Å². The van der Waals surface area contributed by atoms with Gasteiger partial charge in [0.15, 0.2) is 0 Å².